The lowest BCUT2D eigenvalue weighted by Crippen LogP contribution is -2.31. The molecule has 0 saturated carbocycles. The first kappa shape index (κ1) is 17.1. The van der Waals surface area contributed by atoms with E-state index in [1.54, 1.807) is 41.5 Å². The number of anilines is 1. The van der Waals surface area contributed by atoms with Gasteiger partial charge in [0, 0.05) is 30.6 Å². The first-order valence-corrected chi connectivity index (χ1v) is 7.68. The molecule has 2 aromatic rings. The normalized spacial score (nSPS) is 10.4. The number of halogens is 1. The number of benzene rings is 1. The Morgan fingerprint density at radius 2 is 2.04 bits per heavy atom. The molecule has 1 aromatic heterocycles. The van der Waals surface area contributed by atoms with Crippen LogP contribution in [0.4, 0.5) is 5.69 Å². The lowest BCUT2D eigenvalue weighted by molar-refractivity contribution is -0.130. The van der Waals surface area contributed by atoms with Crippen LogP contribution in [0.3, 0.4) is 0 Å². The predicted molar refractivity (Wildman–Crippen MR) is 89.2 cm³/mol. The Kier molecular flexibility index (Phi) is 5.82. The quantitative estimate of drug-likeness (QED) is 0.877. The highest BCUT2D eigenvalue weighted by Gasteiger charge is 2.14. The molecule has 2 rings (SSSR count). The average Bonchev–Trinajstić information content (AvgIpc) is 3.01. The second-order valence-corrected chi connectivity index (χ2v) is 5.64. The molecule has 5 nitrogen and oxygen atoms in total. The summed E-state index contributed by atoms with van der Waals surface area (Å²) in [6.07, 6.45) is 1.76. The molecule has 0 atom stereocenters. The molecule has 2 amide bonds. The van der Waals surface area contributed by atoms with E-state index in [0.29, 0.717) is 29.6 Å². The zero-order valence-corrected chi connectivity index (χ0v) is 13.9. The van der Waals surface area contributed by atoms with Crippen molar-refractivity contribution < 1.29 is 14.0 Å². The number of hydrogen-bond acceptors (Lipinski definition) is 3. The molecule has 122 valence electrons. The maximum atomic E-state index is 12.1. The van der Waals surface area contributed by atoms with Crippen molar-refractivity contribution in [2.75, 3.05) is 11.9 Å². The zero-order chi connectivity index (χ0) is 16.8. The summed E-state index contributed by atoms with van der Waals surface area (Å²) >= 11 is 6.03. The van der Waals surface area contributed by atoms with Crippen LogP contribution >= 0.6 is 11.6 Å². The fraction of sp³-hybridized carbons (Fsp3) is 0.294. The van der Waals surface area contributed by atoms with Crippen molar-refractivity contribution in [3.05, 3.63) is 52.9 Å². The van der Waals surface area contributed by atoms with Crippen LogP contribution in [0, 0.1) is 6.92 Å². The van der Waals surface area contributed by atoms with Crippen LogP contribution in [0.5, 0.6) is 0 Å². The number of carbonyl (C=O) groups excluding carboxylic acids is 2. The van der Waals surface area contributed by atoms with E-state index in [1.165, 1.54) is 6.92 Å². The van der Waals surface area contributed by atoms with Gasteiger partial charge in [-0.15, -0.1) is 0 Å². The van der Waals surface area contributed by atoms with Gasteiger partial charge in [-0.05, 0) is 36.8 Å². The maximum absolute atomic E-state index is 12.1. The fourth-order valence-corrected chi connectivity index (χ4v) is 2.31. The largest absolute Gasteiger partial charge is 0.467 e. The van der Waals surface area contributed by atoms with Crippen molar-refractivity contribution in [1.82, 2.24) is 4.90 Å². The molecule has 0 bridgehead atoms. The van der Waals surface area contributed by atoms with Crippen LogP contribution < -0.4 is 5.32 Å². The molecule has 23 heavy (non-hydrogen) atoms. The Morgan fingerprint density at radius 1 is 1.26 bits per heavy atom. The Hall–Kier alpha value is -2.27. The molecular weight excluding hydrogens is 316 g/mol. The molecule has 1 aromatic carbocycles. The van der Waals surface area contributed by atoms with Gasteiger partial charge in [-0.2, -0.15) is 0 Å². The van der Waals surface area contributed by atoms with Gasteiger partial charge in [0.25, 0.3) is 0 Å². The first-order chi connectivity index (χ1) is 11.0. The SMILES string of the molecule is CC(=O)N(CCC(=O)Nc1cccc(Cl)c1C)Cc1ccco1. The van der Waals surface area contributed by atoms with Crippen LogP contribution in [0.15, 0.2) is 41.0 Å². The minimum Gasteiger partial charge on any atom is -0.467 e. The summed E-state index contributed by atoms with van der Waals surface area (Å²) in [5, 5.41) is 3.42. The minimum absolute atomic E-state index is 0.104. The number of nitrogens with one attached hydrogen (secondary N) is 1. The molecule has 0 radical (unpaired) electrons. The Labute approximate surface area is 140 Å². The third-order valence-electron chi connectivity index (χ3n) is 3.52. The number of rotatable bonds is 6. The molecule has 0 aliphatic heterocycles. The number of amides is 2. The lowest BCUT2D eigenvalue weighted by Gasteiger charge is -2.19. The zero-order valence-electron chi connectivity index (χ0n) is 13.1. The molecule has 1 heterocycles. The van der Waals surface area contributed by atoms with Crippen LogP contribution in [-0.2, 0) is 16.1 Å². The summed E-state index contributed by atoms with van der Waals surface area (Å²) in [6, 6.07) is 8.91. The number of nitrogens with zero attached hydrogens (tertiary/aromatic N) is 1. The van der Waals surface area contributed by atoms with Gasteiger partial charge in [-0.25, -0.2) is 0 Å². The molecule has 0 aliphatic rings. The van der Waals surface area contributed by atoms with E-state index in [0.717, 1.165) is 5.56 Å². The van der Waals surface area contributed by atoms with E-state index in [9.17, 15) is 9.59 Å². The van der Waals surface area contributed by atoms with Crippen LogP contribution in [0.2, 0.25) is 5.02 Å². The van der Waals surface area contributed by atoms with Gasteiger partial charge in [0.2, 0.25) is 11.8 Å². The van der Waals surface area contributed by atoms with Crippen molar-refractivity contribution in [1.29, 1.82) is 0 Å². The van der Waals surface area contributed by atoms with Crippen LogP contribution in [0.25, 0.3) is 0 Å². The second-order valence-electron chi connectivity index (χ2n) is 5.23. The summed E-state index contributed by atoms with van der Waals surface area (Å²) in [5.41, 5.74) is 1.50. The van der Waals surface area contributed by atoms with E-state index in [2.05, 4.69) is 5.32 Å². The van der Waals surface area contributed by atoms with E-state index < -0.39 is 0 Å². The highest BCUT2D eigenvalue weighted by atomic mass is 35.5. The monoisotopic (exact) mass is 334 g/mol. The van der Waals surface area contributed by atoms with E-state index >= 15 is 0 Å². The van der Waals surface area contributed by atoms with Crippen LogP contribution in [-0.4, -0.2) is 23.3 Å². The van der Waals surface area contributed by atoms with E-state index in [4.69, 9.17) is 16.0 Å². The Bertz CT molecular complexity index is 683. The van der Waals surface area contributed by atoms with Crippen molar-refractivity contribution in [2.24, 2.45) is 0 Å². The maximum Gasteiger partial charge on any atom is 0.226 e. The predicted octanol–water partition coefficient (Wildman–Crippen LogP) is 3.62. The number of carbonyl (C=O) groups is 2. The summed E-state index contributed by atoms with van der Waals surface area (Å²) in [5.74, 6) is 0.417. The van der Waals surface area contributed by atoms with Gasteiger partial charge in [0.05, 0.1) is 12.8 Å². The smallest absolute Gasteiger partial charge is 0.226 e. The second kappa shape index (κ2) is 7.83. The van der Waals surface area contributed by atoms with Gasteiger partial charge >= 0.3 is 0 Å². The van der Waals surface area contributed by atoms with Crippen LogP contribution in [0.1, 0.15) is 24.7 Å². The highest BCUT2D eigenvalue weighted by Crippen LogP contribution is 2.23. The highest BCUT2D eigenvalue weighted by molar-refractivity contribution is 6.31. The summed E-state index contributed by atoms with van der Waals surface area (Å²) < 4.78 is 5.24. The van der Waals surface area contributed by atoms with Gasteiger partial charge < -0.3 is 14.6 Å². The summed E-state index contributed by atoms with van der Waals surface area (Å²) in [6.45, 7) is 3.99. The van der Waals surface area contributed by atoms with Gasteiger partial charge in [-0.3, -0.25) is 9.59 Å². The number of hydrogen-bond donors (Lipinski definition) is 1. The number of furan rings is 1. The fourth-order valence-electron chi connectivity index (χ4n) is 2.13. The van der Waals surface area contributed by atoms with Crippen molar-refractivity contribution in [3.63, 3.8) is 0 Å². The topological polar surface area (TPSA) is 62.6 Å². The van der Waals surface area contributed by atoms with Gasteiger partial charge in [0.1, 0.15) is 5.76 Å². The first-order valence-electron chi connectivity index (χ1n) is 7.30. The standard InChI is InChI=1S/C17H19ClN2O3/c1-12-15(18)6-3-7-16(12)19-17(22)8-9-20(13(2)21)11-14-5-4-10-23-14/h3-7,10H,8-9,11H2,1-2H3,(H,19,22). The molecular formula is C17H19ClN2O3. The summed E-state index contributed by atoms with van der Waals surface area (Å²) in [7, 11) is 0. The van der Waals surface area contributed by atoms with Crippen molar-refractivity contribution >= 4 is 29.1 Å². The van der Waals surface area contributed by atoms with E-state index in [1.807, 2.05) is 6.92 Å². The molecule has 0 aliphatic carbocycles. The third kappa shape index (κ3) is 4.86. The summed E-state index contributed by atoms with van der Waals surface area (Å²) in [4.78, 5) is 25.3. The Balaban J connectivity index is 1.91. The van der Waals surface area contributed by atoms with E-state index in [-0.39, 0.29) is 18.2 Å². The minimum atomic E-state index is -0.166. The molecule has 0 unspecified atom stereocenters. The van der Waals surface area contributed by atoms with Crippen molar-refractivity contribution in [2.45, 2.75) is 26.8 Å². The lowest BCUT2D eigenvalue weighted by atomic mass is 10.2. The molecule has 1 N–H and O–H groups in total. The molecule has 0 spiro atoms. The molecule has 6 heteroatoms. The third-order valence-corrected chi connectivity index (χ3v) is 3.93. The Morgan fingerprint density at radius 3 is 2.70 bits per heavy atom. The molecule has 0 fully saturated rings. The molecule has 0 saturated heterocycles. The van der Waals surface area contributed by atoms with Gasteiger partial charge in [-0.1, -0.05) is 17.7 Å². The van der Waals surface area contributed by atoms with Gasteiger partial charge in [0.15, 0.2) is 0 Å². The average molecular weight is 335 g/mol. The van der Waals surface area contributed by atoms with Crippen molar-refractivity contribution in [3.8, 4) is 0 Å².